The van der Waals surface area contributed by atoms with E-state index in [0.717, 1.165) is 18.0 Å². The monoisotopic (exact) mass is 238 g/mol. The topological polar surface area (TPSA) is 15.3 Å². The molecule has 0 aromatic rings. The third-order valence-electron chi connectivity index (χ3n) is 4.93. The Morgan fingerprint density at radius 3 is 2.41 bits per heavy atom. The lowest BCUT2D eigenvalue weighted by molar-refractivity contribution is 0.140. The number of nitrogens with one attached hydrogen (secondary N) is 1. The minimum absolute atomic E-state index is 0.757. The van der Waals surface area contributed by atoms with Gasteiger partial charge in [0.05, 0.1) is 0 Å². The second-order valence-corrected chi connectivity index (χ2v) is 6.02. The van der Waals surface area contributed by atoms with Gasteiger partial charge in [-0.1, -0.05) is 26.2 Å². The molecule has 1 aliphatic carbocycles. The van der Waals surface area contributed by atoms with E-state index in [4.69, 9.17) is 0 Å². The van der Waals surface area contributed by atoms with Crippen molar-refractivity contribution in [3.05, 3.63) is 0 Å². The third kappa shape index (κ3) is 3.69. The van der Waals surface area contributed by atoms with Crippen LogP contribution in [0.2, 0.25) is 0 Å². The SMILES string of the molecule is CCN(CC1CCCCN1)C(C)C1CCCC1. The lowest BCUT2D eigenvalue weighted by Gasteiger charge is -2.36. The first-order valence-corrected chi connectivity index (χ1v) is 7.78. The molecule has 2 fully saturated rings. The van der Waals surface area contributed by atoms with Gasteiger partial charge < -0.3 is 5.32 Å². The molecule has 0 amide bonds. The second-order valence-electron chi connectivity index (χ2n) is 6.02. The highest BCUT2D eigenvalue weighted by atomic mass is 15.2. The van der Waals surface area contributed by atoms with Crippen molar-refractivity contribution < 1.29 is 0 Å². The largest absolute Gasteiger partial charge is 0.313 e. The molecule has 0 bridgehead atoms. The maximum atomic E-state index is 3.69. The summed E-state index contributed by atoms with van der Waals surface area (Å²) >= 11 is 0. The number of piperidine rings is 1. The van der Waals surface area contributed by atoms with E-state index in [1.807, 2.05) is 0 Å². The van der Waals surface area contributed by atoms with Gasteiger partial charge in [0.25, 0.3) is 0 Å². The molecule has 1 saturated carbocycles. The van der Waals surface area contributed by atoms with Gasteiger partial charge in [-0.05, 0) is 51.6 Å². The van der Waals surface area contributed by atoms with E-state index in [1.165, 1.54) is 64.6 Å². The number of hydrogen-bond acceptors (Lipinski definition) is 2. The Hall–Kier alpha value is -0.0800. The highest BCUT2D eigenvalue weighted by Crippen LogP contribution is 2.30. The zero-order chi connectivity index (χ0) is 12.1. The van der Waals surface area contributed by atoms with Gasteiger partial charge in [-0.25, -0.2) is 0 Å². The van der Waals surface area contributed by atoms with Crippen LogP contribution in [0.3, 0.4) is 0 Å². The Labute approximate surface area is 107 Å². The Balaban J connectivity index is 1.81. The molecular formula is C15H30N2. The molecule has 0 aromatic carbocycles. The van der Waals surface area contributed by atoms with E-state index in [9.17, 15) is 0 Å². The Morgan fingerprint density at radius 1 is 1.12 bits per heavy atom. The summed E-state index contributed by atoms with van der Waals surface area (Å²) in [7, 11) is 0. The van der Waals surface area contributed by atoms with Crippen molar-refractivity contribution in [2.75, 3.05) is 19.6 Å². The van der Waals surface area contributed by atoms with Crippen molar-refractivity contribution >= 4 is 0 Å². The van der Waals surface area contributed by atoms with Crippen LogP contribution in [-0.4, -0.2) is 36.6 Å². The Kier molecular flexibility index (Phi) is 5.30. The van der Waals surface area contributed by atoms with Crippen LogP contribution < -0.4 is 5.32 Å². The van der Waals surface area contributed by atoms with E-state index in [2.05, 4.69) is 24.1 Å². The van der Waals surface area contributed by atoms with E-state index in [0.29, 0.717) is 0 Å². The van der Waals surface area contributed by atoms with Gasteiger partial charge in [0.15, 0.2) is 0 Å². The second kappa shape index (κ2) is 6.75. The van der Waals surface area contributed by atoms with Crippen LogP contribution in [0.25, 0.3) is 0 Å². The smallest absolute Gasteiger partial charge is 0.0195 e. The zero-order valence-electron chi connectivity index (χ0n) is 11.8. The summed E-state index contributed by atoms with van der Waals surface area (Å²) in [5, 5.41) is 3.69. The van der Waals surface area contributed by atoms with Gasteiger partial charge in [-0.2, -0.15) is 0 Å². The molecule has 2 heteroatoms. The first kappa shape index (κ1) is 13.4. The average molecular weight is 238 g/mol. The van der Waals surface area contributed by atoms with Gasteiger partial charge in [0.2, 0.25) is 0 Å². The molecule has 100 valence electrons. The van der Waals surface area contributed by atoms with Gasteiger partial charge in [-0.3, -0.25) is 4.90 Å². The fourth-order valence-electron chi connectivity index (χ4n) is 3.68. The Bertz CT molecular complexity index is 205. The predicted octanol–water partition coefficient (Wildman–Crippen LogP) is 3.03. The third-order valence-corrected chi connectivity index (χ3v) is 4.93. The van der Waals surface area contributed by atoms with Gasteiger partial charge in [0, 0.05) is 18.6 Å². The molecule has 1 saturated heterocycles. The molecular weight excluding hydrogens is 208 g/mol. The predicted molar refractivity (Wildman–Crippen MR) is 74.3 cm³/mol. The highest BCUT2D eigenvalue weighted by molar-refractivity contribution is 4.83. The fourth-order valence-corrected chi connectivity index (χ4v) is 3.68. The maximum Gasteiger partial charge on any atom is 0.0195 e. The van der Waals surface area contributed by atoms with Gasteiger partial charge >= 0.3 is 0 Å². The number of likely N-dealkylation sites (N-methyl/N-ethyl adjacent to an activating group) is 1. The standard InChI is InChI=1S/C15H30N2/c1-3-17(12-15-10-6-7-11-16-15)13(2)14-8-4-5-9-14/h13-16H,3-12H2,1-2H3. The summed E-state index contributed by atoms with van der Waals surface area (Å²) in [4.78, 5) is 2.72. The molecule has 1 N–H and O–H groups in total. The summed E-state index contributed by atoms with van der Waals surface area (Å²) in [6.07, 6.45) is 10.1. The molecule has 0 radical (unpaired) electrons. The van der Waals surface area contributed by atoms with Crippen molar-refractivity contribution in [1.29, 1.82) is 0 Å². The minimum Gasteiger partial charge on any atom is -0.313 e. The van der Waals surface area contributed by atoms with Gasteiger partial charge in [-0.15, -0.1) is 0 Å². The van der Waals surface area contributed by atoms with Crippen LogP contribution in [0, 0.1) is 5.92 Å². The Morgan fingerprint density at radius 2 is 1.82 bits per heavy atom. The lowest BCUT2D eigenvalue weighted by atomic mass is 9.96. The summed E-state index contributed by atoms with van der Waals surface area (Å²) < 4.78 is 0. The zero-order valence-corrected chi connectivity index (χ0v) is 11.8. The summed E-state index contributed by atoms with van der Waals surface area (Å²) in [6.45, 7) is 8.51. The van der Waals surface area contributed by atoms with Crippen molar-refractivity contribution in [2.24, 2.45) is 5.92 Å². The van der Waals surface area contributed by atoms with Gasteiger partial charge in [0.1, 0.15) is 0 Å². The van der Waals surface area contributed by atoms with Crippen LogP contribution in [0.15, 0.2) is 0 Å². The molecule has 2 unspecified atom stereocenters. The summed E-state index contributed by atoms with van der Waals surface area (Å²) in [5.74, 6) is 0.971. The number of nitrogens with zero attached hydrogens (tertiary/aromatic N) is 1. The van der Waals surface area contributed by atoms with Crippen LogP contribution in [0.4, 0.5) is 0 Å². The van der Waals surface area contributed by atoms with Crippen LogP contribution in [0.5, 0.6) is 0 Å². The molecule has 1 aliphatic heterocycles. The molecule has 2 rings (SSSR count). The fraction of sp³-hybridized carbons (Fsp3) is 1.00. The number of rotatable bonds is 5. The molecule has 0 aromatic heterocycles. The van der Waals surface area contributed by atoms with E-state index in [-0.39, 0.29) is 0 Å². The van der Waals surface area contributed by atoms with Crippen molar-refractivity contribution in [3.63, 3.8) is 0 Å². The highest BCUT2D eigenvalue weighted by Gasteiger charge is 2.27. The minimum atomic E-state index is 0.757. The van der Waals surface area contributed by atoms with Crippen LogP contribution >= 0.6 is 0 Å². The molecule has 1 heterocycles. The first-order valence-electron chi connectivity index (χ1n) is 7.78. The quantitative estimate of drug-likeness (QED) is 0.792. The molecule has 2 atom stereocenters. The summed E-state index contributed by atoms with van der Waals surface area (Å²) in [5.41, 5.74) is 0. The maximum absolute atomic E-state index is 3.69. The van der Waals surface area contributed by atoms with Crippen LogP contribution in [-0.2, 0) is 0 Å². The van der Waals surface area contributed by atoms with Crippen molar-refractivity contribution in [1.82, 2.24) is 10.2 Å². The van der Waals surface area contributed by atoms with E-state index in [1.54, 1.807) is 0 Å². The van der Waals surface area contributed by atoms with Crippen molar-refractivity contribution in [2.45, 2.75) is 70.9 Å². The number of hydrogen-bond donors (Lipinski definition) is 1. The van der Waals surface area contributed by atoms with E-state index < -0.39 is 0 Å². The normalized spacial score (nSPS) is 28.8. The van der Waals surface area contributed by atoms with Crippen LogP contribution in [0.1, 0.15) is 58.8 Å². The molecule has 0 spiro atoms. The molecule has 2 aliphatic rings. The molecule has 2 nitrogen and oxygen atoms in total. The average Bonchev–Trinajstić information content (AvgIpc) is 2.90. The van der Waals surface area contributed by atoms with E-state index >= 15 is 0 Å². The lowest BCUT2D eigenvalue weighted by Crippen LogP contribution is -2.48. The van der Waals surface area contributed by atoms with Crippen molar-refractivity contribution in [3.8, 4) is 0 Å². The molecule has 17 heavy (non-hydrogen) atoms. The first-order chi connectivity index (χ1) is 8.31. The summed E-state index contributed by atoms with van der Waals surface area (Å²) in [6, 6.07) is 1.55.